The van der Waals surface area contributed by atoms with Crippen molar-refractivity contribution >= 4 is 11.7 Å². The Morgan fingerprint density at radius 2 is 2.06 bits per heavy atom. The van der Waals surface area contributed by atoms with Gasteiger partial charge in [0.05, 0.1) is 23.9 Å². The first-order valence-electron chi connectivity index (χ1n) is 5.55. The van der Waals surface area contributed by atoms with E-state index in [0.717, 1.165) is 18.8 Å². The lowest BCUT2D eigenvalue weighted by atomic mass is 10.1. The Morgan fingerprint density at radius 1 is 1.41 bits per heavy atom. The van der Waals surface area contributed by atoms with E-state index in [4.69, 9.17) is 5.26 Å². The molecule has 1 aromatic carbocycles. The number of carbonyl (C=O) groups is 1. The molecule has 0 aliphatic rings. The molecule has 0 spiro atoms. The quantitative estimate of drug-likeness (QED) is 0.747. The number of ether oxygens (including phenoxy) is 1. The lowest BCUT2D eigenvalue weighted by Crippen LogP contribution is -2.23. The maximum Gasteiger partial charge on any atom is 0.337 e. The highest BCUT2D eigenvalue weighted by Gasteiger charge is 2.12. The second-order valence-corrected chi connectivity index (χ2v) is 3.51. The van der Waals surface area contributed by atoms with Crippen molar-refractivity contribution in [3.05, 3.63) is 29.3 Å². The highest BCUT2D eigenvalue weighted by molar-refractivity contribution is 5.90. The van der Waals surface area contributed by atoms with Crippen LogP contribution >= 0.6 is 0 Å². The van der Waals surface area contributed by atoms with Crippen LogP contribution in [0, 0.1) is 11.3 Å². The minimum atomic E-state index is -0.424. The van der Waals surface area contributed by atoms with Crippen LogP contribution in [0.25, 0.3) is 0 Å². The maximum atomic E-state index is 11.4. The minimum Gasteiger partial charge on any atom is -0.465 e. The molecule has 0 aromatic heterocycles. The Labute approximate surface area is 101 Å². The van der Waals surface area contributed by atoms with E-state index in [9.17, 15) is 4.79 Å². The Balaban J connectivity index is 3.19. The van der Waals surface area contributed by atoms with E-state index in [1.807, 2.05) is 13.8 Å². The fourth-order valence-corrected chi connectivity index (χ4v) is 1.71. The van der Waals surface area contributed by atoms with Crippen LogP contribution in [0.2, 0.25) is 0 Å². The van der Waals surface area contributed by atoms with Crippen LogP contribution < -0.4 is 4.90 Å². The SMILES string of the molecule is CCN(CC)c1ccc(C(=O)OC)cc1C#N. The highest BCUT2D eigenvalue weighted by Crippen LogP contribution is 2.21. The Bertz CT molecular complexity index is 445. The summed E-state index contributed by atoms with van der Waals surface area (Å²) < 4.78 is 4.63. The van der Waals surface area contributed by atoms with Gasteiger partial charge in [-0.25, -0.2) is 4.79 Å². The summed E-state index contributed by atoms with van der Waals surface area (Å²) in [6, 6.07) is 7.15. The fraction of sp³-hybridized carbons (Fsp3) is 0.385. The number of anilines is 1. The van der Waals surface area contributed by atoms with E-state index in [1.165, 1.54) is 7.11 Å². The second-order valence-electron chi connectivity index (χ2n) is 3.51. The third-order valence-electron chi connectivity index (χ3n) is 2.64. The van der Waals surface area contributed by atoms with Gasteiger partial charge in [0, 0.05) is 13.1 Å². The smallest absolute Gasteiger partial charge is 0.337 e. The number of nitrogens with zero attached hydrogens (tertiary/aromatic N) is 2. The third kappa shape index (κ3) is 2.76. The molecule has 0 atom stereocenters. The van der Waals surface area contributed by atoms with E-state index >= 15 is 0 Å². The maximum absolute atomic E-state index is 11.4. The highest BCUT2D eigenvalue weighted by atomic mass is 16.5. The molecule has 0 saturated heterocycles. The molecule has 0 aliphatic heterocycles. The molecule has 4 heteroatoms. The van der Waals surface area contributed by atoms with Gasteiger partial charge in [0.25, 0.3) is 0 Å². The number of carbonyl (C=O) groups excluding carboxylic acids is 1. The molecule has 0 bridgehead atoms. The average molecular weight is 232 g/mol. The lowest BCUT2D eigenvalue weighted by Gasteiger charge is -2.22. The van der Waals surface area contributed by atoms with Crippen LogP contribution in [0.15, 0.2) is 18.2 Å². The van der Waals surface area contributed by atoms with Crippen molar-refractivity contribution in [2.45, 2.75) is 13.8 Å². The van der Waals surface area contributed by atoms with Gasteiger partial charge in [-0.1, -0.05) is 0 Å². The number of nitriles is 1. The largest absolute Gasteiger partial charge is 0.465 e. The second kappa shape index (κ2) is 5.90. The number of hydrogen-bond acceptors (Lipinski definition) is 4. The Morgan fingerprint density at radius 3 is 2.53 bits per heavy atom. The van der Waals surface area contributed by atoms with Gasteiger partial charge in [0.1, 0.15) is 6.07 Å². The van der Waals surface area contributed by atoms with Crippen molar-refractivity contribution < 1.29 is 9.53 Å². The van der Waals surface area contributed by atoms with Crippen LogP contribution in [0.3, 0.4) is 0 Å². The zero-order chi connectivity index (χ0) is 12.8. The number of methoxy groups -OCH3 is 1. The molecule has 0 unspecified atom stereocenters. The predicted molar refractivity (Wildman–Crippen MR) is 66.1 cm³/mol. The molecule has 1 aromatic rings. The third-order valence-corrected chi connectivity index (χ3v) is 2.64. The van der Waals surface area contributed by atoms with Crippen LogP contribution in [0.4, 0.5) is 5.69 Å². The van der Waals surface area contributed by atoms with E-state index < -0.39 is 5.97 Å². The topological polar surface area (TPSA) is 53.3 Å². The summed E-state index contributed by atoms with van der Waals surface area (Å²) in [4.78, 5) is 13.4. The summed E-state index contributed by atoms with van der Waals surface area (Å²) in [6.07, 6.45) is 0. The van der Waals surface area contributed by atoms with E-state index in [2.05, 4.69) is 15.7 Å². The normalized spacial score (nSPS) is 9.53. The van der Waals surface area contributed by atoms with E-state index in [-0.39, 0.29) is 0 Å². The van der Waals surface area contributed by atoms with Crippen LogP contribution in [-0.2, 0) is 4.74 Å². The molecule has 0 fully saturated rings. The molecule has 0 aliphatic carbocycles. The monoisotopic (exact) mass is 232 g/mol. The number of hydrogen-bond donors (Lipinski definition) is 0. The summed E-state index contributed by atoms with van der Waals surface area (Å²) in [5.74, 6) is -0.424. The van der Waals surface area contributed by atoms with Gasteiger partial charge in [-0.15, -0.1) is 0 Å². The summed E-state index contributed by atoms with van der Waals surface area (Å²) in [5, 5.41) is 9.11. The zero-order valence-corrected chi connectivity index (χ0v) is 10.4. The molecule has 1 rings (SSSR count). The van der Waals surface area contributed by atoms with Crippen molar-refractivity contribution in [1.29, 1.82) is 5.26 Å². The van der Waals surface area contributed by atoms with Gasteiger partial charge in [-0.2, -0.15) is 5.26 Å². The van der Waals surface area contributed by atoms with Gasteiger partial charge >= 0.3 is 5.97 Å². The molecule has 0 amide bonds. The van der Waals surface area contributed by atoms with Crippen LogP contribution in [-0.4, -0.2) is 26.2 Å². The molecule has 4 nitrogen and oxygen atoms in total. The van der Waals surface area contributed by atoms with Gasteiger partial charge in [-0.3, -0.25) is 0 Å². The lowest BCUT2D eigenvalue weighted by molar-refractivity contribution is 0.0600. The predicted octanol–water partition coefficient (Wildman–Crippen LogP) is 2.19. The number of rotatable bonds is 4. The summed E-state index contributed by atoms with van der Waals surface area (Å²) >= 11 is 0. The summed E-state index contributed by atoms with van der Waals surface area (Å²) in [7, 11) is 1.33. The summed E-state index contributed by atoms with van der Waals surface area (Å²) in [6.45, 7) is 5.70. The Hall–Kier alpha value is -2.02. The van der Waals surface area contributed by atoms with E-state index in [0.29, 0.717) is 11.1 Å². The summed E-state index contributed by atoms with van der Waals surface area (Å²) in [5.41, 5.74) is 1.75. The van der Waals surface area contributed by atoms with Crippen molar-refractivity contribution in [3.8, 4) is 6.07 Å². The molecule has 0 saturated carbocycles. The molecule has 90 valence electrons. The van der Waals surface area contributed by atoms with Crippen LogP contribution in [0.1, 0.15) is 29.8 Å². The number of esters is 1. The molecule has 0 radical (unpaired) electrons. The molecule has 0 heterocycles. The number of benzene rings is 1. The fourth-order valence-electron chi connectivity index (χ4n) is 1.71. The minimum absolute atomic E-state index is 0.403. The average Bonchev–Trinajstić information content (AvgIpc) is 2.39. The zero-order valence-electron chi connectivity index (χ0n) is 10.4. The van der Waals surface area contributed by atoms with Gasteiger partial charge in [0.2, 0.25) is 0 Å². The van der Waals surface area contributed by atoms with E-state index in [1.54, 1.807) is 18.2 Å². The van der Waals surface area contributed by atoms with Crippen molar-refractivity contribution in [2.75, 3.05) is 25.1 Å². The molecule has 17 heavy (non-hydrogen) atoms. The molecular weight excluding hydrogens is 216 g/mol. The van der Waals surface area contributed by atoms with Crippen LogP contribution in [0.5, 0.6) is 0 Å². The molecule has 0 N–H and O–H groups in total. The van der Waals surface area contributed by atoms with Gasteiger partial charge in [-0.05, 0) is 32.0 Å². The molecular formula is C13H16N2O2. The van der Waals surface area contributed by atoms with Crippen molar-refractivity contribution in [1.82, 2.24) is 0 Å². The first kappa shape index (κ1) is 13.0. The Kier molecular flexibility index (Phi) is 4.53. The van der Waals surface area contributed by atoms with Crippen molar-refractivity contribution in [2.24, 2.45) is 0 Å². The van der Waals surface area contributed by atoms with Gasteiger partial charge in [0.15, 0.2) is 0 Å². The first-order chi connectivity index (χ1) is 8.17. The van der Waals surface area contributed by atoms with Gasteiger partial charge < -0.3 is 9.64 Å². The van der Waals surface area contributed by atoms with Crippen molar-refractivity contribution in [3.63, 3.8) is 0 Å². The standard InChI is InChI=1S/C13H16N2O2/c1-4-15(5-2)12-7-6-10(13(16)17-3)8-11(12)9-14/h6-8H,4-5H2,1-3H3. The first-order valence-corrected chi connectivity index (χ1v) is 5.55.